The Morgan fingerprint density at radius 2 is 2.08 bits per heavy atom. The molecule has 1 aliphatic heterocycles. The molecule has 6 nitrogen and oxygen atoms in total. The van der Waals surface area contributed by atoms with E-state index in [2.05, 4.69) is 23.4 Å². The van der Waals surface area contributed by atoms with Gasteiger partial charge >= 0.3 is 5.69 Å². The number of carbonyl (C=O) groups excluding carboxylic acids is 1. The topological polar surface area (TPSA) is 60.1 Å². The molecule has 124 valence electrons. The van der Waals surface area contributed by atoms with Gasteiger partial charge in [-0.2, -0.15) is 0 Å². The Labute approximate surface area is 143 Å². The molecule has 7 heteroatoms. The number of pyridine rings is 1. The predicted octanol–water partition coefficient (Wildman–Crippen LogP) is 2.00. The second-order valence-electron chi connectivity index (χ2n) is 6.17. The highest BCUT2D eigenvalue weighted by Crippen LogP contribution is 2.26. The monoisotopic (exact) mass is 342 g/mol. The molecule has 1 amide bonds. The van der Waals surface area contributed by atoms with Crippen molar-refractivity contribution in [2.24, 2.45) is 7.05 Å². The SMILES string of the molecule is Cc1cc(-c2cnc3c(c2)n(CC(=O)N2CCC2)c(=O)n3C)cs1. The Bertz CT molecular complexity index is 994. The summed E-state index contributed by atoms with van der Waals surface area (Å²) in [6.45, 7) is 3.71. The molecule has 0 N–H and O–H groups in total. The van der Waals surface area contributed by atoms with Crippen LogP contribution in [0.2, 0.25) is 0 Å². The van der Waals surface area contributed by atoms with E-state index in [1.807, 2.05) is 6.07 Å². The molecule has 0 aliphatic carbocycles. The molecule has 24 heavy (non-hydrogen) atoms. The van der Waals surface area contributed by atoms with Gasteiger partial charge in [0.15, 0.2) is 5.65 Å². The molecule has 0 bridgehead atoms. The molecule has 1 aliphatic rings. The van der Waals surface area contributed by atoms with Gasteiger partial charge in [0.05, 0.1) is 5.52 Å². The number of amides is 1. The van der Waals surface area contributed by atoms with Crippen LogP contribution in [0.4, 0.5) is 0 Å². The minimum Gasteiger partial charge on any atom is -0.341 e. The maximum atomic E-state index is 12.5. The van der Waals surface area contributed by atoms with Crippen molar-refractivity contribution in [2.75, 3.05) is 13.1 Å². The maximum absolute atomic E-state index is 12.5. The van der Waals surface area contributed by atoms with Gasteiger partial charge in [0.25, 0.3) is 0 Å². The van der Waals surface area contributed by atoms with Gasteiger partial charge in [-0.3, -0.25) is 13.9 Å². The summed E-state index contributed by atoms with van der Waals surface area (Å²) in [4.78, 5) is 32.3. The number of nitrogens with zero attached hydrogens (tertiary/aromatic N) is 4. The van der Waals surface area contributed by atoms with Crippen LogP contribution in [0.3, 0.4) is 0 Å². The summed E-state index contributed by atoms with van der Waals surface area (Å²) in [5.74, 6) is -0.00682. The predicted molar refractivity (Wildman–Crippen MR) is 94.2 cm³/mol. The molecule has 0 radical (unpaired) electrons. The molecule has 3 aromatic heterocycles. The van der Waals surface area contributed by atoms with Gasteiger partial charge in [-0.05, 0) is 36.4 Å². The number of carbonyl (C=O) groups is 1. The van der Waals surface area contributed by atoms with Crippen molar-refractivity contribution in [1.29, 1.82) is 0 Å². The van der Waals surface area contributed by atoms with E-state index in [0.29, 0.717) is 11.2 Å². The zero-order valence-electron chi connectivity index (χ0n) is 13.7. The van der Waals surface area contributed by atoms with Gasteiger partial charge < -0.3 is 4.90 Å². The minimum absolute atomic E-state index is 0.00682. The highest BCUT2D eigenvalue weighted by atomic mass is 32.1. The fourth-order valence-electron chi connectivity index (χ4n) is 2.98. The average Bonchev–Trinajstić information content (AvgIpc) is 3.03. The van der Waals surface area contributed by atoms with Gasteiger partial charge in [0.1, 0.15) is 6.54 Å². The zero-order chi connectivity index (χ0) is 16.8. The molecule has 4 rings (SSSR count). The van der Waals surface area contributed by atoms with Crippen LogP contribution in [0.5, 0.6) is 0 Å². The van der Waals surface area contributed by atoms with Crippen LogP contribution in [0.1, 0.15) is 11.3 Å². The molecular formula is C17H18N4O2S. The standard InChI is InChI=1S/C17H18N4O2S/c1-11-6-13(10-24-11)12-7-14-16(18-8-12)19(2)17(23)21(14)9-15(22)20-4-3-5-20/h6-8,10H,3-5,9H2,1-2H3. The van der Waals surface area contributed by atoms with Crippen molar-refractivity contribution < 1.29 is 4.79 Å². The van der Waals surface area contributed by atoms with Crippen LogP contribution in [-0.4, -0.2) is 38.0 Å². The van der Waals surface area contributed by atoms with Crippen molar-refractivity contribution in [3.05, 3.63) is 39.1 Å². The molecule has 4 heterocycles. The molecule has 0 atom stereocenters. The summed E-state index contributed by atoms with van der Waals surface area (Å²) in [6, 6.07) is 4.05. The normalized spacial score (nSPS) is 14.2. The zero-order valence-corrected chi connectivity index (χ0v) is 14.5. The van der Waals surface area contributed by atoms with E-state index in [1.165, 1.54) is 14.0 Å². The first kappa shape index (κ1) is 15.1. The second kappa shape index (κ2) is 5.59. The van der Waals surface area contributed by atoms with Gasteiger partial charge in [0.2, 0.25) is 5.91 Å². The number of fused-ring (bicyclic) bond motifs is 1. The van der Waals surface area contributed by atoms with Gasteiger partial charge in [-0.15, -0.1) is 11.3 Å². The lowest BCUT2D eigenvalue weighted by Crippen LogP contribution is -2.44. The minimum atomic E-state index is -0.204. The Balaban J connectivity index is 1.80. The number of hydrogen-bond acceptors (Lipinski definition) is 4. The van der Waals surface area contributed by atoms with Crippen molar-refractivity contribution in [1.82, 2.24) is 19.0 Å². The van der Waals surface area contributed by atoms with Crippen molar-refractivity contribution in [2.45, 2.75) is 19.9 Å². The molecule has 1 saturated heterocycles. The van der Waals surface area contributed by atoms with Crippen molar-refractivity contribution >= 4 is 28.4 Å². The molecule has 0 unspecified atom stereocenters. The summed E-state index contributed by atoms with van der Waals surface area (Å²) in [5, 5.41) is 2.08. The summed E-state index contributed by atoms with van der Waals surface area (Å²) in [7, 11) is 1.69. The summed E-state index contributed by atoms with van der Waals surface area (Å²) in [6.07, 6.45) is 2.82. The van der Waals surface area contributed by atoms with Crippen molar-refractivity contribution in [3.8, 4) is 11.1 Å². The van der Waals surface area contributed by atoms with Crippen LogP contribution < -0.4 is 5.69 Å². The fraction of sp³-hybridized carbons (Fsp3) is 0.353. The summed E-state index contributed by atoms with van der Waals surface area (Å²) in [5.41, 5.74) is 3.15. The lowest BCUT2D eigenvalue weighted by atomic mass is 10.1. The molecule has 0 saturated carbocycles. The first-order chi connectivity index (χ1) is 11.5. The lowest BCUT2D eigenvalue weighted by Gasteiger charge is -2.30. The third kappa shape index (κ3) is 2.36. The van der Waals surface area contributed by atoms with E-state index < -0.39 is 0 Å². The Kier molecular flexibility index (Phi) is 3.53. The van der Waals surface area contributed by atoms with E-state index in [-0.39, 0.29) is 18.1 Å². The highest BCUT2D eigenvalue weighted by molar-refractivity contribution is 7.10. The third-order valence-corrected chi connectivity index (χ3v) is 5.40. The van der Waals surface area contributed by atoms with Gasteiger partial charge in [0, 0.05) is 36.8 Å². The maximum Gasteiger partial charge on any atom is 0.330 e. The summed E-state index contributed by atoms with van der Waals surface area (Å²) < 4.78 is 3.03. The summed E-state index contributed by atoms with van der Waals surface area (Å²) >= 11 is 1.68. The molecule has 3 aromatic rings. The van der Waals surface area contributed by atoms with Crippen LogP contribution in [0.25, 0.3) is 22.3 Å². The second-order valence-corrected chi connectivity index (χ2v) is 7.29. The molecule has 0 aromatic carbocycles. The van der Waals surface area contributed by atoms with Gasteiger partial charge in [-0.25, -0.2) is 9.78 Å². The first-order valence-corrected chi connectivity index (χ1v) is 8.81. The number of thiophene rings is 1. The van der Waals surface area contributed by atoms with Crippen LogP contribution in [0, 0.1) is 6.92 Å². The number of likely N-dealkylation sites (tertiary alicyclic amines) is 1. The molecule has 0 spiro atoms. The highest BCUT2D eigenvalue weighted by Gasteiger charge is 2.23. The van der Waals surface area contributed by atoms with E-state index in [1.54, 1.807) is 29.5 Å². The van der Waals surface area contributed by atoms with E-state index in [4.69, 9.17) is 0 Å². The van der Waals surface area contributed by atoms with Crippen LogP contribution in [0.15, 0.2) is 28.5 Å². The lowest BCUT2D eigenvalue weighted by molar-refractivity contribution is -0.135. The number of aryl methyl sites for hydroxylation is 2. The number of hydrogen-bond donors (Lipinski definition) is 0. The van der Waals surface area contributed by atoms with Crippen molar-refractivity contribution in [3.63, 3.8) is 0 Å². The average molecular weight is 342 g/mol. The third-order valence-electron chi connectivity index (χ3n) is 4.54. The Morgan fingerprint density at radius 3 is 2.71 bits per heavy atom. The number of rotatable bonds is 3. The molecule has 1 fully saturated rings. The Morgan fingerprint density at radius 1 is 1.29 bits per heavy atom. The van der Waals surface area contributed by atoms with E-state index in [0.717, 1.165) is 30.6 Å². The van der Waals surface area contributed by atoms with Gasteiger partial charge in [-0.1, -0.05) is 0 Å². The number of imidazole rings is 1. The molecular weight excluding hydrogens is 324 g/mol. The first-order valence-electron chi connectivity index (χ1n) is 7.93. The van der Waals surface area contributed by atoms with Crippen LogP contribution in [-0.2, 0) is 18.4 Å². The number of aromatic nitrogens is 3. The largest absolute Gasteiger partial charge is 0.341 e. The Hall–Kier alpha value is -2.41. The van der Waals surface area contributed by atoms with Crippen LogP contribution >= 0.6 is 11.3 Å². The van der Waals surface area contributed by atoms with E-state index in [9.17, 15) is 9.59 Å². The smallest absolute Gasteiger partial charge is 0.330 e. The fourth-order valence-corrected chi connectivity index (χ4v) is 3.70. The van der Waals surface area contributed by atoms with E-state index >= 15 is 0 Å². The quantitative estimate of drug-likeness (QED) is 0.731.